The Hall–Kier alpha value is -13.3. The number of hydrogen-bond acceptors (Lipinski definition) is 29. The van der Waals surface area contributed by atoms with E-state index in [-0.39, 0.29) is 109 Å². The molecule has 6 aliphatic rings. The van der Waals surface area contributed by atoms with Gasteiger partial charge >= 0.3 is 18.0 Å². The summed E-state index contributed by atoms with van der Waals surface area (Å²) in [4.78, 5) is 179. The highest BCUT2D eigenvalue weighted by atomic mass is 35.5. The molecular weight excluding hydrogens is 1810 g/mol. The summed E-state index contributed by atoms with van der Waals surface area (Å²) in [6.45, 7) is 7.82. The zero-order valence-electron chi connectivity index (χ0n) is 74.7. The maximum atomic E-state index is 13.3. The number of methoxy groups -OCH3 is 4. The van der Waals surface area contributed by atoms with Crippen molar-refractivity contribution in [1.82, 2.24) is 50.2 Å². The maximum Gasteiger partial charge on any atom is 0.327 e. The number of nitrogens with zero attached hydrogens (tertiary/aromatic N) is 12. The summed E-state index contributed by atoms with van der Waals surface area (Å²) in [5.74, 6) is -1.61. The molecule has 6 aliphatic heterocycles. The number of Topliss-reactive ketones (excluding diaryl/α,β-unsaturated/α-hetero) is 1. The van der Waals surface area contributed by atoms with Crippen LogP contribution in [0.4, 0.5) is 71.4 Å². The molecular formula is C90H102Cl4FN19O19. The van der Waals surface area contributed by atoms with Crippen LogP contribution in [0.25, 0.3) is 0 Å². The molecule has 0 aliphatic carbocycles. The number of nitrogens with two attached hydrogens (primary N) is 1. The Labute approximate surface area is 786 Å². The van der Waals surface area contributed by atoms with Gasteiger partial charge in [-0.05, 0) is 124 Å². The number of carbonyl (C=O) groups is 12. The van der Waals surface area contributed by atoms with Gasteiger partial charge in [-0.15, -0.1) is 0 Å². The number of aromatic nitrogens is 4. The normalized spacial score (nSPS) is 16.0. The van der Waals surface area contributed by atoms with E-state index in [1.165, 1.54) is 69.1 Å². The number of anilines is 10. The number of amides is 12. The van der Waals surface area contributed by atoms with Crippen LogP contribution in [0.3, 0.4) is 0 Å². The first kappa shape index (κ1) is 98.7. The number of urea groups is 2. The molecule has 0 spiro atoms. The van der Waals surface area contributed by atoms with Gasteiger partial charge in [-0.3, -0.25) is 92.4 Å². The molecule has 43 heteroatoms. The smallest absolute Gasteiger partial charge is 0.327 e. The zero-order valence-corrected chi connectivity index (χ0v) is 76.7. The number of ketones is 1. The van der Waals surface area contributed by atoms with Crippen LogP contribution >= 0.6 is 46.4 Å². The fourth-order valence-electron chi connectivity index (χ4n) is 15.2. The van der Waals surface area contributed by atoms with Gasteiger partial charge in [-0.25, -0.2) is 29.5 Å². The number of rotatable bonds is 34. The number of hydrogen-bond donors (Lipinski definition) is 8. The number of ether oxygens (including phenoxy) is 6. The van der Waals surface area contributed by atoms with Crippen LogP contribution in [-0.4, -0.2) is 263 Å². The molecule has 0 saturated carbocycles. The van der Waals surface area contributed by atoms with Crippen molar-refractivity contribution < 1.29 is 96.8 Å². The number of carbonyl (C=O) groups excluding carboxylic acids is 11. The number of carboxylic acid groups (broad SMARTS) is 1. The summed E-state index contributed by atoms with van der Waals surface area (Å²) < 4.78 is 48.2. The van der Waals surface area contributed by atoms with Crippen molar-refractivity contribution in [2.24, 2.45) is 5.73 Å². The zero-order chi connectivity index (χ0) is 96.4. The van der Waals surface area contributed by atoms with Crippen LogP contribution in [0.5, 0.6) is 34.5 Å². The summed E-state index contributed by atoms with van der Waals surface area (Å²) in [5, 5.41) is 25.7. The molecule has 4 saturated heterocycles. The summed E-state index contributed by atoms with van der Waals surface area (Å²) in [7, 11) is 7.87. The van der Waals surface area contributed by atoms with E-state index in [1.54, 1.807) is 56.6 Å². The van der Waals surface area contributed by atoms with Crippen molar-refractivity contribution in [1.29, 1.82) is 0 Å². The molecule has 133 heavy (non-hydrogen) atoms. The Balaban J connectivity index is 0.000000211. The summed E-state index contributed by atoms with van der Waals surface area (Å²) in [5.41, 5.74) is 10.1. The lowest BCUT2D eigenvalue weighted by Gasteiger charge is -2.35. The first-order chi connectivity index (χ1) is 64.5. The number of alkyl halides is 1. The van der Waals surface area contributed by atoms with Crippen molar-refractivity contribution >= 4 is 175 Å². The van der Waals surface area contributed by atoms with Crippen LogP contribution in [0.15, 0.2) is 122 Å². The van der Waals surface area contributed by atoms with Crippen LogP contribution in [0.2, 0.25) is 20.1 Å². The van der Waals surface area contributed by atoms with Crippen LogP contribution < -0.4 is 85.7 Å². The Morgan fingerprint density at radius 3 is 1.25 bits per heavy atom. The van der Waals surface area contributed by atoms with Crippen molar-refractivity contribution in [2.75, 3.05) is 176 Å². The Morgan fingerprint density at radius 1 is 0.504 bits per heavy atom. The largest absolute Gasteiger partial charge is 0.495 e. The molecule has 12 amide bonds. The third-order valence-corrected chi connectivity index (χ3v) is 23.8. The fraction of sp³-hybridized carbons (Fsp3) is 0.378. The molecule has 2 aromatic heterocycles. The molecule has 0 radical (unpaired) electrons. The molecule has 2 unspecified atom stereocenters. The lowest BCUT2D eigenvalue weighted by atomic mass is 10.0. The van der Waals surface area contributed by atoms with Gasteiger partial charge in [0.15, 0.2) is 0 Å². The fourth-order valence-corrected chi connectivity index (χ4v) is 16.4. The molecule has 0 bridgehead atoms. The van der Waals surface area contributed by atoms with Gasteiger partial charge in [0.1, 0.15) is 108 Å². The van der Waals surface area contributed by atoms with Crippen molar-refractivity contribution in [3.8, 4) is 34.5 Å². The predicted octanol–water partition coefficient (Wildman–Crippen LogP) is 11.9. The summed E-state index contributed by atoms with van der Waals surface area (Å²) in [6.07, 6.45) is 9.30. The van der Waals surface area contributed by atoms with Gasteiger partial charge in [0.2, 0.25) is 23.6 Å². The van der Waals surface area contributed by atoms with Gasteiger partial charge in [-0.2, -0.15) is 0 Å². The first-order valence-corrected chi connectivity index (χ1v) is 43.9. The lowest BCUT2D eigenvalue weighted by Crippen LogP contribution is -2.54. The maximum absolute atomic E-state index is 13.3. The van der Waals surface area contributed by atoms with Crippen LogP contribution in [0.1, 0.15) is 120 Å². The van der Waals surface area contributed by atoms with Gasteiger partial charge in [-0.1, -0.05) is 71.4 Å². The minimum Gasteiger partial charge on any atom is -0.495 e. The molecule has 8 heterocycles. The van der Waals surface area contributed by atoms with Gasteiger partial charge in [0.25, 0.3) is 23.6 Å². The Bertz CT molecular complexity index is 5570. The van der Waals surface area contributed by atoms with E-state index in [0.29, 0.717) is 92.8 Å². The number of halogens is 5. The second kappa shape index (κ2) is 47.7. The van der Waals surface area contributed by atoms with Crippen LogP contribution in [-0.2, 0) is 28.8 Å². The molecule has 4 fully saturated rings. The second-order valence-electron chi connectivity index (χ2n) is 30.8. The number of benzene rings is 6. The predicted molar refractivity (Wildman–Crippen MR) is 498 cm³/mol. The van der Waals surface area contributed by atoms with E-state index in [2.05, 4.69) is 66.5 Å². The van der Waals surface area contributed by atoms with E-state index in [0.717, 1.165) is 110 Å². The highest BCUT2D eigenvalue weighted by Crippen LogP contribution is 2.47. The van der Waals surface area contributed by atoms with E-state index in [4.69, 9.17) is 87.0 Å². The number of imide groups is 4. The van der Waals surface area contributed by atoms with Crippen molar-refractivity contribution in [3.05, 3.63) is 164 Å². The minimum absolute atomic E-state index is 0.0495. The number of piperidine rings is 2. The molecule has 8 aromatic rings. The van der Waals surface area contributed by atoms with E-state index in [9.17, 15) is 61.9 Å². The van der Waals surface area contributed by atoms with Gasteiger partial charge in [0.05, 0.1) is 96.9 Å². The Kier molecular flexibility index (Phi) is 35.4. The number of unbranched alkanes of at least 4 members (excludes halogenated alkanes) is 5. The second-order valence-corrected chi connectivity index (χ2v) is 32.3. The quantitative estimate of drug-likeness (QED) is 0.0137. The number of piperazine rings is 2. The number of aliphatic carboxylic acids is 1. The van der Waals surface area contributed by atoms with Crippen molar-refractivity contribution in [2.45, 2.75) is 89.1 Å². The summed E-state index contributed by atoms with van der Waals surface area (Å²) >= 11 is 25.6. The highest BCUT2D eigenvalue weighted by Gasteiger charge is 2.48. The topological polar surface area (TPSA) is 456 Å². The van der Waals surface area contributed by atoms with Crippen LogP contribution in [0, 0.1) is 0 Å². The molecule has 38 nitrogen and oxygen atoms in total. The number of nitrogens with one attached hydrogen (secondary N) is 6. The average molecular weight is 1920 g/mol. The van der Waals surface area contributed by atoms with E-state index in [1.807, 2.05) is 53.4 Å². The third kappa shape index (κ3) is 25.1. The Morgan fingerprint density at radius 2 is 0.880 bits per heavy atom. The molecule has 6 aromatic carbocycles. The first-order valence-electron chi connectivity index (χ1n) is 43.1. The van der Waals surface area contributed by atoms with E-state index >= 15 is 0 Å². The molecule has 9 N–H and O–H groups in total. The standard InChI is InChI=1S/C45H49Cl2N9O9.C26H29Cl2N7O5.C18H21N3O5.CH3F/c1-53(45(62)52-41-39(46)33(63-2)23-34(64-3)40(41)47)36-24-35(48-26-49-36)50-27-12-14-28(15-13-27)55-20-18-54(19-21-55)25-29(57)9-6-4-5-7-22-65-32-11-8-10-30-38(32)44(61)56(43(30)60)31-16-17-37(58)51-42(31)59;1-33(26(38)32-25-23(27)18(39-2)12-19(40-3)24(25)28)21-13-20(29-15-30-21)31-16-4-6-17(7-5-16)35-10-8-34(9-11-35)14-22(36)37;19-9-2-1-3-10-26-13-6-4-5-11-15(13)18(25)21(17(11)24)12-7-8-14(22)20-16(12)23;1-2/h8,10-15,23-24,26,31H,4-7,9,16-22,25H2,1-3H3,(H,52,62)(H,48,49,50)(H,51,58,59);4-7,12-13,15H,8-11,14H2,1-3H3,(H,32,38)(H,36,37)(H,29,30,31);4-6,12H,1-3,7-10,19H2,(H,20,22,23);1H3/i;;;1D. The van der Waals surface area contributed by atoms with E-state index < -0.39 is 84.5 Å². The molecule has 2 atom stereocenters. The summed E-state index contributed by atoms with van der Waals surface area (Å²) in [6, 6.07) is 28.6. The van der Waals surface area contributed by atoms with Gasteiger partial charge in [0, 0.05) is 133 Å². The minimum atomic E-state index is -1.04. The SMILES string of the molecule is COc1cc(OC)c(Cl)c(NC(=O)N(C)c2cc(Nc3ccc(N4CCN(CC(=O)CCCCCCOc5cccc6c5C(=O)N(C5CCC(=O)NC5=O)C6=O)CC4)cc3)ncn2)c1Cl.COc1cc(OC)c(Cl)c(NC(=O)N(C)c2cc(Nc3ccc(N4CCN(CC(=O)O)CC4)cc3)ncn2)c1Cl.NCCCCCOc1cccc2c1C(=O)N(C1CCC(=O)NC1=O)C2=O.[2H]CF. The molecule has 14 rings (SSSR count). The third-order valence-electron chi connectivity index (χ3n) is 22.3. The monoisotopic (exact) mass is 1910 g/mol. The van der Waals surface area contributed by atoms with Gasteiger partial charge < -0.3 is 70.3 Å². The average Bonchev–Trinajstić information content (AvgIpc) is 1.60. The highest BCUT2D eigenvalue weighted by molar-refractivity contribution is 6.43. The number of carboxylic acids is 1. The van der Waals surface area contributed by atoms with Crippen molar-refractivity contribution in [3.63, 3.8) is 0 Å². The lowest BCUT2D eigenvalue weighted by molar-refractivity contribution is -0.139. The number of fused-ring (bicyclic) bond motifs is 2. The molecule has 706 valence electrons.